The Morgan fingerprint density at radius 2 is 1.78 bits per heavy atom. The van der Waals surface area contributed by atoms with Crippen molar-refractivity contribution in [3.05, 3.63) is 34.9 Å². The third-order valence-electron chi connectivity index (χ3n) is 4.01. The predicted molar refractivity (Wildman–Crippen MR) is 78.7 cm³/mol. The molecule has 1 unspecified atom stereocenters. The number of hydrogen-bond acceptors (Lipinski definition) is 1. The molecule has 0 amide bonds. The highest BCUT2D eigenvalue weighted by atomic mass is 14.6. The van der Waals surface area contributed by atoms with E-state index in [-0.39, 0.29) is 6.04 Å². The lowest BCUT2D eigenvalue weighted by molar-refractivity contribution is 0.349. The van der Waals surface area contributed by atoms with Crippen molar-refractivity contribution in [3.8, 4) is 0 Å². The van der Waals surface area contributed by atoms with Gasteiger partial charge in [-0.1, -0.05) is 39.0 Å². The minimum absolute atomic E-state index is 0.205. The van der Waals surface area contributed by atoms with Crippen LogP contribution in [0.1, 0.15) is 69.2 Å². The molecule has 0 aromatic heterocycles. The summed E-state index contributed by atoms with van der Waals surface area (Å²) in [7, 11) is 0. The van der Waals surface area contributed by atoms with E-state index in [1.165, 1.54) is 37.7 Å². The number of fused-ring (bicyclic) bond motifs is 1. The Bertz CT molecular complexity index is 401. The van der Waals surface area contributed by atoms with E-state index in [1.807, 2.05) is 0 Å². The zero-order valence-electron chi connectivity index (χ0n) is 12.1. The van der Waals surface area contributed by atoms with Gasteiger partial charge in [0, 0.05) is 6.04 Å². The molecule has 1 aliphatic carbocycles. The lowest BCUT2D eigenvalue weighted by atomic mass is 9.85. The summed E-state index contributed by atoms with van der Waals surface area (Å²) < 4.78 is 0. The minimum Gasteiger partial charge on any atom is -0.324 e. The number of benzene rings is 1. The zero-order valence-corrected chi connectivity index (χ0v) is 12.1. The van der Waals surface area contributed by atoms with Crippen molar-refractivity contribution in [2.75, 3.05) is 0 Å². The summed E-state index contributed by atoms with van der Waals surface area (Å²) in [6.07, 6.45) is 7.46. The highest BCUT2D eigenvalue weighted by Gasteiger charge is 2.16. The van der Waals surface area contributed by atoms with Crippen molar-refractivity contribution in [2.24, 2.45) is 11.1 Å². The lowest BCUT2D eigenvalue weighted by Crippen LogP contribution is -2.15. The SMILES string of the molecule is CC(C)(C)CCC(N)c1ccc2c(c1)CCCC2. The van der Waals surface area contributed by atoms with Crippen LogP contribution in [0.15, 0.2) is 18.2 Å². The van der Waals surface area contributed by atoms with Crippen LogP contribution < -0.4 is 5.73 Å². The third-order valence-corrected chi connectivity index (χ3v) is 4.01. The third kappa shape index (κ3) is 3.58. The predicted octanol–water partition coefficient (Wildman–Crippen LogP) is 4.39. The Morgan fingerprint density at radius 1 is 1.11 bits per heavy atom. The number of hydrogen-bond donors (Lipinski definition) is 1. The lowest BCUT2D eigenvalue weighted by Gasteiger charge is -2.22. The van der Waals surface area contributed by atoms with Crippen LogP contribution in [0.4, 0.5) is 0 Å². The van der Waals surface area contributed by atoms with Crippen molar-refractivity contribution in [1.82, 2.24) is 0 Å². The van der Waals surface area contributed by atoms with Crippen LogP contribution in [0, 0.1) is 5.41 Å². The van der Waals surface area contributed by atoms with Gasteiger partial charge >= 0.3 is 0 Å². The molecule has 1 aliphatic rings. The number of aryl methyl sites for hydroxylation is 2. The molecule has 1 heteroatoms. The van der Waals surface area contributed by atoms with Gasteiger partial charge in [0.25, 0.3) is 0 Å². The second kappa shape index (κ2) is 5.44. The Balaban J connectivity index is 2.04. The van der Waals surface area contributed by atoms with Crippen LogP contribution in [0.3, 0.4) is 0 Å². The summed E-state index contributed by atoms with van der Waals surface area (Å²) >= 11 is 0. The first-order valence-corrected chi connectivity index (χ1v) is 7.33. The van der Waals surface area contributed by atoms with Crippen molar-refractivity contribution in [3.63, 3.8) is 0 Å². The van der Waals surface area contributed by atoms with Gasteiger partial charge in [-0.05, 0) is 60.6 Å². The van der Waals surface area contributed by atoms with Gasteiger partial charge in [-0.2, -0.15) is 0 Å². The fourth-order valence-corrected chi connectivity index (χ4v) is 2.74. The largest absolute Gasteiger partial charge is 0.324 e. The second-order valence-corrected chi connectivity index (χ2v) is 6.94. The summed E-state index contributed by atoms with van der Waals surface area (Å²) in [5.41, 5.74) is 11.1. The Kier molecular flexibility index (Phi) is 4.11. The fraction of sp³-hybridized carbons (Fsp3) is 0.647. The second-order valence-electron chi connectivity index (χ2n) is 6.94. The van der Waals surface area contributed by atoms with Crippen molar-refractivity contribution in [1.29, 1.82) is 0 Å². The van der Waals surface area contributed by atoms with Crippen LogP contribution in [-0.4, -0.2) is 0 Å². The first-order chi connectivity index (χ1) is 8.46. The maximum absolute atomic E-state index is 6.34. The summed E-state index contributed by atoms with van der Waals surface area (Å²) in [4.78, 5) is 0. The Labute approximate surface area is 112 Å². The van der Waals surface area contributed by atoms with Crippen LogP contribution >= 0.6 is 0 Å². The summed E-state index contributed by atoms with van der Waals surface area (Å²) in [5, 5.41) is 0. The molecule has 2 N–H and O–H groups in total. The molecule has 100 valence electrons. The van der Waals surface area contributed by atoms with E-state index in [0.717, 1.165) is 6.42 Å². The van der Waals surface area contributed by atoms with Crippen LogP contribution in [-0.2, 0) is 12.8 Å². The standard InChI is InChI=1S/C17H27N/c1-17(2,3)11-10-16(18)15-9-8-13-6-4-5-7-14(13)12-15/h8-9,12,16H,4-7,10-11,18H2,1-3H3. The van der Waals surface area contributed by atoms with E-state index in [2.05, 4.69) is 39.0 Å². The van der Waals surface area contributed by atoms with Crippen LogP contribution in [0.2, 0.25) is 0 Å². The van der Waals surface area contributed by atoms with Crippen molar-refractivity contribution >= 4 is 0 Å². The molecule has 0 heterocycles. The molecular weight excluding hydrogens is 218 g/mol. The molecule has 1 atom stereocenters. The fourth-order valence-electron chi connectivity index (χ4n) is 2.74. The monoisotopic (exact) mass is 245 g/mol. The van der Waals surface area contributed by atoms with Gasteiger partial charge in [0.1, 0.15) is 0 Å². The van der Waals surface area contributed by atoms with Crippen LogP contribution in [0.5, 0.6) is 0 Å². The van der Waals surface area contributed by atoms with Crippen molar-refractivity contribution < 1.29 is 0 Å². The highest BCUT2D eigenvalue weighted by Crippen LogP contribution is 2.28. The van der Waals surface area contributed by atoms with E-state index in [0.29, 0.717) is 5.41 Å². The molecule has 18 heavy (non-hydrogen) atoms. The normalized spacial score (nSPS) is 17.3. The summed E-state index contributed by atoms with van der Waals surface area (Å²) in [6.45, 7) is 6.85. The topological polar surface area (TPSA) is 26.0 Å². The maximum atomic E-state index is 6.34. The van der Waals surface area contributed by atoms with Gasteiger partial charge < -0.3 is 5.73 Å². The van der Waals surface area contributed by atoms with E-state index in [4.69, 9.17) is 5.73 Å². The molecule has 0 saturated heterocycles. The molecule has 0 bridgehead atoms. The molecule has 0 spiro atoms. The smallest absolute Gasteiger partial charge is 0.0295 e. The van der Waals surface area contributed by atoms with Gasteiger partial charge in [-0.25, -0.2) is 0 Å². The molecule has 0 saturated carbocycles. The van der Waals surface area contributed by atoms with E-state index in [9.17, 15) is 0 Å². The average Bonchev–Trinajstić information content (AvgIpc) is 2.34. The molecule has 2 rings (SSSR count). The van der Waals surface area contributed by atoms with Gasteiger partial charge in [-0.3, -0.25) is 0 Å². The Morgan fingerprint density at radius 3 is 2.44 bits per heavy atom. The zero-order chi connectivity index (χ0) is 13.2. The quantitative estimate of drug-likeness (QED) is 0.839. The molecule has 0 radical (unpaired) electrons. The van der Waals surface area contributed by atoms with Gasteiger partial charge in [-0.15, -0.1) is 0 Å². The maximum Gasteiger partial charge on any atom is 0.0295 e. The van der Waals surface area contributed by atoms with Gasteiger partial charge in [0.05, 0.1) is 0 Å². The summed E-state index contributed by atoms with van der Waals surface area (Å²) in [6, 6.07) is 7.12. The van der Waals surface area contributed by atoms with Gasteiger partial charge in [0.2, 0.25) is 0 Å². The first-order valence-electron chi connectivity index (χ1n) is 7.33. The first kappa shape index (κ1) is 13.6. The van der Waals surface area contributed by atoms with Crippen LogP contribution in [0.25, 0.3) is 0 Å². The summed E-state index contributed by atoms with van der Waals surface area (Å²) in [5.74, 6) is 0. The molecular formula is C17H27N. The van der Waals surface area contributed by atoms with Crippen molar-refractivity contribution in [2.45, 2.75) is 65.3 Å². The number of rotatable bonds is 3. The molecule has 0 aliphatic heterocycles. The molecule has 1 aromatic rings. The highest BCUT2D eigenvalue weighted by molar-refractivity contribution is 5.35. The Hall–Kier alpha value is -0.820. The molecule has 1 aromatic carbocycles. The van der Waals surface area contributed by atoms with Gasteiger partial charge in [0.15, 0.2) is 0 Å². The van der Waals surface area contributed by atoms with E-state index < -0.39 is 0 Å². The van der Waals surface area contributed by atoms with E-state index >= 15 is 0 Å². The molecule has 0 fully saturated rings. The van der Waals surface area contributed by atoms with E-state index in [1.54, 1.807) is 11.1 Å². The number of nitrogens with two attached hydrogens (primary N) is 1. The molecule has 1 nitrogen and oxygen atoms in total. The average molecular weight is 245 g/mol. The minimum atomic E-state index is 0.205.